The van der Waals surface area contributed by atoms with Gasteiger partial charge in [-0.1, -0.05) is 86.3 Å². The van der Waals surface area contributed by atoms with Crippen LogP contribution in [0.2, 0.25) is 0 Å². The van der Waals surface area contributed by atoms with Gasteiger partial charge in [0.25, 0.3) is 0 Å². The predicted octanol–water partition coefficient (Wildman–Crippen LogP) is 7.73. The van der Waals surface area contributed by atoms with Crippen LogP contribution in [0.4, 0.5) is 0 Å². The molecule has 2 nitrogen and oxygen atoms in total. The van der Waals surface area contributed by atoms with Gasteiger partial charge in [0, 0.05) is 31.7 Å². The van der Waals surface area contributed by atoms with Crippen molar-refractivity contribution in [3.63, 3.8) is 0 Å². The van der Waals surface area contributed by atoms with E-state index in [1.165, 1.54) is 37.6 Å². The second-order valence-electron chi connectivity index (χ2n) is 9.08. The maximum absolute atomic E-state index is 5.14. The molecule has 0 atom stereocenters. The number of fused-ring (bicyclic) bond motifs is 5. The number of hydrogen-bond donors (Lipinski definition) is 0. The summed E-state index contributed by atoms with van der Waals surface area (Å²) in [6.07, 6.45) is 0. The fraction of sp³-hybridized carbons (Fsp3) is 0.103. The van der Waals surface area contributed by atoms with E-state index in [1.54, 1.807) is 11.8 Å². The molecule has 0 saturated heterocycles. The SMILES string of the molecule is CC1(C)c2ccccc2-c2ccc(-c3nc4c5c(cccc5n3)Sc3ccccc3-4)cc21. The minimum Gasteiger partial charge on any atom is -0.228 e. The van der Waals surface area contributed by atoms with Crippen molar-refractivity contribution < 1.29 is 0 Å². The molecule has 1 aromatic heterocycles. The zero-order valence-electron chi connectivity index (χ0n) is 17.9. The third-order valence-electron chi connectivity index (χ3n) is 6.89. The molecule has 0 spiro atoms. The van der Waals surface area contributed by atoms with E-state index >= 15 is 0 Å². The van der Waals surface area contributed by atoms with Gasteiger partial charge in [0.05, 0.1) is 11.2 Å². The van der Waals surface area contributed by atoms with Gasteiger partial charge in [-0.25, -0.2) is 9.97 Å². The smallest absolute Gasteiger partial charge is 0.160 e. The maximum Gasteiger partial charge on any atom is 0.160 e. The molecule has 0 amide bonds. The largest absolute Gasteiger partial charge is 0.228 e. The Balaban J connectivity index is 1.47. The van der Waals surface area contributed by atoms with Gasteiger partial charge in [-0.05, 0) is 46.5 Å². The lowest BCUT2D eigenvalue weighted by molar-refractivity contribution is 0.660. The van der Waals surface area contributed by atoms with E-state index in [4.69, 9.17) is 9.97 Å². The first-order valence-electron chi connectivity index (χ1n) is 10.9. The van der Waals surface area contributed by atoms with Gasteiger partial charge >= 0.3 is 0 Å². The lowest BCUT2D eigenvalue weighted by Gasteiger charge is -2.22. The summed E-state index contributed by atoms with van der Waals surface area (Å²) in [6.45, 7) is 4.62. The zero-order valence-corrected chi connectivity index (χ0v) is 18.7. The van der Waals surface area contributed by atoms with Crippen LogP contribution >= 0.6 is 11.8 Å². The number of nitrogens with zero attached hydrogens (tertiary/aromatic N) is 2. The standard InChI is InChI=1S/C29H20N2S/c1-29(2)21-10-5-3-8-18(21)19-15-14-17(16-22(19)29)28-30-23-11-7-13-25-26(23)27(31-28)20-9-4-6-12-24(20)32-25/h3-16H,1-2H3. The molecule has 0 fully saturated rings. The van der Waals surface area contributed by atoms with Gasteiger partial charge < -0.3 is 0 Å². The first-order chi connectivity index (χ1) is 15.6. The van der Waals surface area contributed by atoms with Crippen LogP contribution < -0.4 is 0 Å². The lowest BCUT2D eigenvalue weighted by atomic mass is 9.82. The van der Waals surface area contributed by atoms with Gasteiger partial charge in [0.15, 0.2) is 5.82 Å². The molecule has 1 aliphatic carbocycles. The van der Waals surface area contributed by atoms with E-state index in [2.05, 4.69) is 98.8 Å². The second kappa shape index (κ2) is 6.30. The molecule has 0 radical (unpaired) electrons. The topological polar surface area (TPSA) is 25.8 Å². The Morgan fingerprint density at radius 3 is 2.31 bits per heavy atom. The lowest BCUT2D eigenvalue weighted by Crippen LogP contribution is -2.15. The number of aromatic nitrogens is 2. The molecule has 5 aromatic rings. The van der Waals surface area contributed by atoms with Crippen LogP contribution in [0.25, 0.3) is 44.7 Å². The van der Waals surface area contributed by atoms with Gasteiger partial charge in [0.1, 0.15) is 0 Å². The van der Waals surface area contributed by atoms with Gasteiger partial charge in [0.2, 0.25) is 0 Å². The van der Waals surface area contributed by atoms with E-state index in [9.17, 15) is 0 Å². The van der Waals surface area contributed by atoms with Crippen LogP contribution in [0, 0.1) is 0 Å². The molecular formula is C29H20N2S. The summed E-state index contributed by atoms with van der Waals surface area (Å²) in [5.41, 5.74) is 9.66. The molecule has 0 bridgehead atoms. The first-order valence-corrected chi connectivity index (χ1v) is 11.8. The van der Waals surface area contributed by atoms with E-state index in [-0.39, 0.29) is 5.41 Å². The summed E-state index contributed by atoms with van der Waals surface area (Å²) in [5.74, 6) is 0.793. The second-order valence-corrected chi connectivity index (χ2v) is 10.2. The minimum atomic E-state index is -0.0382. The maximum atomic E-state index is 5.14. The molecule has 4 aromatic carbocycles. The van der Waals surface area contributed by atoms with E-state index in [0.29, 0.717) is 0 Å². The quantitative estimate of drug-likeness (QED) is 0.268. The predicted molar refractivity (Wildman–Crippen MR) is 132 cm³/mol. The van der Waals surface area contributed by atoms with Crippen LogP contribution in [0.1, 0.15) is 25.0 Å². The summed E-state index contributed by atoms with van der Waals surface area (Å²) in [6, 6.07) is 30.4. The molecule has 3 heteroatoms. The van der Waals surface area contributed by atoms with Crippen molar-refractivity contribution >= 4 is 22.7 Å². The number of rotatable bonds is 1. The highest BCUT2D eigenvalue weighted by Gasteiger charge is 2.35. The minimum absolute atomic E-state index is 0.0382. The third kappa shape index (κ3) is 2.37. The van der Waals surface area contributed by atoms with Crippen molar-refractivity contribution in [2.24, 2.45) is 0 Å². The average Bonchev–Trinajstić information content (AvgIpc) is 3.06. The highest BCUT2D eigenvalue weighted by molar-refractivity contribution is 7.99. The fourth-order valence-electron chi connectivity index (χ4n) is 5.27. The molecule has 0 saturated carbocycles. The molecule has 32 heavy (non-hydrogen) atoms. The summed E-state index contributed by atoms with van der Waals surface area (Å²) in [7, 11) is 0. The van der Waals surface area contributed by atoms with Crippen LogP contribution in [0.15, 0.2) is 94.7 Å². The van der Waals surface area contributed by atoms with Crippen molar-refractivity contribution in [3.05, 3.63) is 96.1 Å². The summed E-state index contributed by atoms with van der Waals surface area (Å²) in [5, 5.41) is 1.16. The van der Waals surface area contributed by atoms with Crippen LogP contribution in [0.5, 0.6) is 0 Å². The van der Waals surface area contributed by atoms with Gasteiger partial charge in [-0.15, -0.1) is 0 Å². The van der Waals surface area contributed by atoms with E-state index < -0.39 is 0 Å². The molecule has 0 unspecified atom stereocenters. The van der Waals surface area contributed by atoms with Crippen molar-refractivity contribution in [1.29, 1.82) is 0 Å². The van der Waals surface area contributed by atoms with Crippen LogP contribution in [0.3, 0.4) is 0 Å². The Kier molecular flexibility index (Phi) is 3.58. The van der Waals surface area contributed by atoms with Crippen molar-refractivity contribution in [2.75, 3.05) is 0 Å². The summed E-state index contributed by atoms with van der Waals surface area (Å²) >= 11 is 1.81. The van der Waals surface area contributed by atoms with Gasteiger partial charge in [-0.2, -0.15) is 0 Å². The molecular weight excluding hydrogens is 408 g/mol. The van der Waals surface area contributed by atoms with E-state index in [0.717, 1.165) is 28.0 Å². The number of benzene rings is 4. The molecule has 2 heterocycles. The highest BCUT2D eigenvalue weighted by Crippen LogP contribution is 2.50. The third-order valence-corrected chi connectivity index (χ3v) is 8.02. The van der Waals surface area contributed by atoms with Crippen molar-refractivity contribution in [3.8, 4) is 33.8 Å². The molecule has 1 aliphatic heterocycles. The van der Waals surface area contributed by atoms with Crippen LogP contribution in [-0.2, 0) is 5.41 Å². The monoisotopic (exact) mass is 428 g/mol. The highest BCUT2D eigenvalue weighted by atomic mass is 32.2. The zero-order chi connectivity index (χ0) is 21.4. The summed E-state index contributed by atoms with van der Waals surface area (Å²) in [4.78, 5) is 12.6. The molecule has 152 valence electrons. The molecule has 0 N–H and O–H groups in total. The normalized spacial score (nSPS) is 14.7. The Hall–Kier alpha value is -3.43. The number of hydrogen-bond acceptors (Lipinski definition) is 3. The fourth-order valence-corrected chi connectivity index (χ4v) is 6.38. The first kappa shape index (κ1) is 18.2. The van der Waals surface area contributed by atoms with E-state index in [1.807, 2.05) is 0 Å². The van der Waals surface area contributed by atoms with Crippen molar-refractivity contribution in [2.45, 2.75) is 29.1 Å². The van der Waals surface area contributed by atoms with Gasteiger partial charge in [-0.3, -0.25) is 0 Å². The Labute approximate surface area is 191 Å². The summed E-state index contributed by atoms with van der Waals surface area (Å²) < 4.78 is 0. The van der Waals surface area contributed by atoms with Crippen LogP contribution in [-0.4, -0.2) is 9.97 Å². The Morgan fingerprint density at radius 1 is 0.656 bits per heavy atom. The Bertz CT molecular complexity index is 1580. The molecule has 2 aliphatic rings. The Morgan fingerprint density at radius 2 is 1.41 bits per heavy atom. The average molecular weight is 429 g/mol. The molecule has 7 rings (SSSR count). The van der Waals surface area contributed by atoms with Crippen molar-refractivity contribution in [1.82, 2.24) is 9.97 Å².